The fraction of sp³-hybridized carbons (Fsp3) is 0.230. The van der Waals surface area contributed by atoms with Gasteiger partial charge in [-0.25, -0.2) is 44.3 Å². The monoisotopic (exact) mass is 1550 g/mol. The molecule has 0 atom stereocenters. The second-order valence-corrected chi connectivity index (χ2v) is 28.0. The SMILES string of the molecule is CC(C)Cc1sc(N)nc1-c1ccc2ccccc2c1.CC(C)Cc1sc(Nc2ncc(C(F)(F)F)cc2C(=O)O)nc1-c1ccc2ccccc2c1.COC(=O)c1cc(C(F)(F)F)cnc1Cl.COC(=O)c1cc(C(F)(F)F)cnc1Nc1nc(-c2ccc3ccccc3c2)c(CC(C)C)s1.N[N-]O.[Na+]. The number of aromatic carboxylic acids is 1. The molecule has 0 saturated heterocycles. The molecule has 0 radical (unpaired) electrons. The number of nitrogens with zero attached hydrogens (tertiary/aromatic N) is 7. The van der Waals surface area contributed by atoms with Crippen LogP contribution in [0.2, 0.25) is 5.15 Å². The van der Waals surface area contributed by atoms with Gasteiger partial charge in [-0.05, 0) is 106 Å². The average molecular weight is 1550 g/mol. The van der Waals surface area contributed by atoms with Crippen molar-refractivity contribution in [3.05, 3.63) is 223 Å². The summed E-state index contributed by atoms with van der Waals surface area (Å²) in [6.45, 7) is 12.8. The summed E-state index contributed by atoms with van der Waals surface area (Å²) in [6, 6.07) is 44.9. The Morgan fingerprint density at radius 2 is 0.802 bits per heavy atom. The number of nitrogens with one attached hydrogen (secondary N) is 2. The molecule has 550 valence electrons. The van der Waals surface area contributed by atoms with E-state index in [2.05, 4.69) is 141 Å². The van der Waals surface area contributed by atoms with Crippen molar-refractivity contribution in [3.8, 4) is 33.8 Å². The predicted molar refractivity (Wildman–Crippen MR) is 393 cm³/mol. The number of esters is 2. The molecule has 0 unspecified atom stereocenters. The van der Waals surface area contributed by atoms with Crippen molar-refractivity contribution in [2.75, 3.05) is 30.6 Å². The summed E-state index contributed by atoms with van der Waals surface area (Å²) in [7, 11) is 2.15. The number of benzene rings is 6. The first-order chi connectivity index (χ1) is 49.7. The van der Waals surface area contributed by atoms with Gasteiger partial charge in [-0.15, -0.1) is 34.0 Å². The van der Waals surface area contributed by atoms with Gasteiger partial charge < -0.3 is 47.6 Å². The molecule has 0 aliphatic carbocycles. The molecule has 12 aromatic rings. The Labute approximate surface area is 641 Å². The summed E-state index contributed by atoms with van der Waals surface area (Å²) in [5, 5.41) is 30.1. The van der Waals surface area contributed by atoms with Crippen molar-refractivity contribution < 1.29 is 103 Å². The fourth-order valence-corrected chi connectivity index (χ4v) is 14.0. The maximum absolute atomic E-state index is 13.1. The second-order valence-electron chi connectivity index (χ2n) is 24.3. The maximum atomic E-state index is 13.1. The number of carbonyl (C=O) groups is 3. The van der Waals surface area contributed by atoms with Gasteiger partial charge in [0.1, 0.15) is 27.9 Å². The van der Waals surface area contributed by atoms with Gasteiger partial charge in [-0.3, -0.25) is 0 Å². The Hall–Kier alpha value is -9.21. The van der Waals surface area contributed by atoms with E-state index in [4.69, 9.17) is 27.5 Å². The standard InChI is InChI=1S/C25H22F3N3O2S.C24H20F3N3O2S.C17H18N2S.C8H5ClF3NO2.H3N2O.Na/c1-14(2)10-20-21(17-9-8-15-6-4-5-7-16(15)11-17)30-24(34-20)31-22-19(23(32)33-3)12-18(13-29-22)25(26,27)28;1-13(2)9-19-20(16-8-7-14-5-3-4-6-15(14)10-16)29-23(33-19)30-21-18(22(31)32)11-17(12-28-21)24(25,26)27;1-11(2)9-15-16(19-17(18)20-15)14-8-7-12-5-3-4-6-13(12)10-14;1-15-7(14)5-2-4(8(10,11)12)3-13-6(5)9;1-2-3;/h4-9,11-14H,10H2,1-3H3,(H,29,30,31);3-8,10-13H,9H2,1-2H3,(H,31,32)(H,28,29,30);3-8,10-11H,9H2,1-2H3,(H2,18,19);2-3H,1H3;3H,1H2;/q;;;;-1;+1. The zero-order chi connectivity index (χ0) is 76.7. The van der Waals surface area contributed by atoms with Crippen LogP contribution in [0.3, 0.4) is 0 Å². The van der Waals surface area contributed by atoms with Crippen LogP contribution in [0.5, 0.6) is 0 Å². The van der Waals surface area contributed by atoms with Crippen LogP contribution in [0.15, 0.2) is 164 Å². The molecule has 12 rings (SSSR count). The first-order valence-electron chi connectivity index (χ1n) is 31.8. The van der Waals surface area contributed by atoms with Crippen LogP contribution in [-0.4, -0.2) is 72.3 Å². The molecule has 6 aromatic carbocycles. The minimum absolute atomic E-state index is 0. The summed E-state index contributed by atoms with van der Waals surface area (Å²) in [6.07, 6.45) is -9.51. The molecule has 0 fully saturated rings. The molecule has 106 heavy (non-hydrogen) atoms. The minimum Gasteiger partial charge on any atom is -0.488 e. The van der Waals surface area contributed by atoms with Crippen molar-refractivity contribution >= 4 is 123 Å². The summed E-state index contributed by atoms with van der Waals surface area (Å²) in [5.41, 5.74) is 9.01. The van der Waals surface area contributed by atoms with E-state index in [1.807, 2.05) is 84.5 Å². The Morgan fingerprint density at radius 3 is 1.15 bits per heavy atom. The van der Waals surface area contributed by atoms with Gasteiger partial charge in [0, 0.05) is 49.9 Å². The van der Waals surface area contributed by atoms with E-state index in [0.29, 0.717) is 63.9 Å². The third-order valence-corrected chi connectivity index (χ3v) is 18.2. The number of anilines is 5. The van der Waals surface area contributed by atoms with Gasteiger partial charge in [0.05, 0.1) is 53.6 Å². The van der Waals surface area contributed by atoms with Gasteiger partial charge in [-0.1, -0.05) is 162 Å². The number of rotatable bonds is 16. The first kappa shape index (κ1) is 84.1. The van der Waals surface area contributed by atoms with Gasteiger partial charge in [0.15, 0.2) is 15.4 Å². The number of hydrogen-bond donors (Lipinski definition) is 6. The number of carboxylic acid groups (broad SMARTS) is 1. The average Bonchev–Trinajstić information content (AvgIpc) is 1.72. The van der Waals surface area contributed by atoms with E-state index in [-0.39, 0.29) is 51.9 Å². The molecule has 32 heteroatoms. The number of ether oxygens (including phenoxy) is 2. The number of halogens is 10. The number of nitrogens with two attached hydrogens (primary N) is 2. The van der Waals surface area contributed by atoms with E-state index in [9.17, 15) is 59.0 Å². The van der Waals surface area contributed by atoms with Crippen molar-refractivity contribution in [2.45, 2.75) is 79.3 Å². The Balaban J connectivity index is 0.000000203. The molecule has 6 aromatic heterocycles. The summed E-state index contributed by atoms with van der Waals surface area (Å²) < 4.78 is 124. The fourth-order valence-electron chi connectivity index (χ4n) is 10.3. The van der Waals surface area contributed by atoms with Crippen LogP contribution in [-0.2, 0) is 47.3 Å². The second kappa shape index (κ2) is 37.4. The van der Waals surface area contributed by atoms with Gasteiger partial charge >= 0.3 is 66.0 Å². The molecule has 0 saturated carbocycles. The van der Waals surface area contributed by atoms with E-state index < -0.39 is 64.3 Å². The molecule has 8 N–H and O–H groups in total. The number of aromatic nitrogens is 6. The van der Waals surface area contributed by atoms with Crippen LogP contribution in [0, 0.1) is 17.8 Å². The third-order valence-electron chi connectivity index (χ3n) is 15.0. The number of alkyl halides is 9. The predicted octanol–water partition coefficient (Wildman–Crippen LogP) is 18.0. The molecule has 0 aliphatic heterocycles. The largest absolute Gasteiger partial charge is 1.00 e. The number of fused-ring (bicyclic) bond motifs is 3. The Morgan fingerprint density at radius 1 is 0.491 bits per heavy atom. The molecular formula is C74H68ClF9N11NaO7S3. The van der Waals surface area contributed by atoms with E-state index in [1.54, 1.807) is 11.3 Å². The first-order valence-corrected chi connectivity index (χ1v) is 34.6. The van der Waals surface area contributed by atoms with Gasteiger partial charge in [0.25, 0.3) is 0 Å². The summed E-state index contributed by atoms with van der Waals surface area (Å²) in [5.74, 6) is 1.71. The molecule has 6 heterocycles. The topological polar surface area (TPSA) is 278 Å². The smallest absolute Gasteiger partial charge is 0.488 e. The number of thiazole rings is 3. The van der Waals surface area contributed by atoms with Gasteiger partial charge in [0.2, 0.25) is 0 Å². The summed E-state index contributed by atoms with van der Waals surface area (Å²) >= 11 is 9.77. The number of methoxy groups -OCH3 is 2. The Kier molecular flexibility index (Phi) is 29.6. The summed E-state index contributed by atoms with van der Waals surface area (Å²) in [4.78, 5) is 62.8. The Bertz CT molecular complexity index is 5040. The van der Waals surface area contributed by atoms with Crippen molar-refractivity contribution in [2.24, 2.45) is 23.6 Å². The number of carboxylic acids is 1. The van der Waals surface area contributed by atoms with Crippen LogP contribution in [0.25, 0.3) is 71.7 Å². The van der Waals surface area contributed by atoms with E-state index in [0.717, 1.165) is 105 Å². The number of nitrogen functional groups attached to an aromatic ring is 1. The van der Waals surface area contributed by atoms with Gasteiger partial charge in [-0.2, -0.15) is 39.5 Å². The molecule has 0 aliphatic rings. The van der Waals surface area contributed by atoms with Crippen molar-refractivity contribution in [1.29, 1.82) is 0 Å². The minimum atomic E-state index is -4.69. The quantitative estimate of drug-likeness (QED) is 0.0131. The third kappa shape index (κ3) is 22.7. The van der Waals surface area contributed by atoms with Crippen molar-refractivity contribution in [1.82, 2.24) is 29.9 Å². The normalized spacial score (nSPS) is 11.3. The van der Waals surface area contributed by atoms with Crippen LogP contribution >= 0.6 is 45.6 Å². The van der Waals surface area contributed by atoms with Crippen molar-refractivity contribution in [3.63, 3.8) is 0 Å². The number of pyridine rings is 3. The molecule has 18 nitrogen and oxygen atoms in total. The van der Waals surface area contributed by atoms with Crippen LogP contribution < -0.4 is 51.8 Å². The maximum Gasteiger partial charge on any atom is 1.00 e. The number of carbonyl (C=O) groups excluding carboxylic acids is 2. The van der Waals surface area contributed by atoms with E-state index >= 15 is 0 Å². The number of hydrogen-bond acceptors (Lipinski definition) is 19. The van der Waals surface area contributed by atoms with Crippen LogP contribution in [0.4, 0.5) is 66.5 Å². The molecule has 0 spiro atoms. The molecule has 0 amide bonds. The molecular weight excluding hydrogens is 1480 g/mol. The molecule has 0 bridgehead atoms. The van der Waals surface area contributed by atoms with Crippen LogP contribution in [0.1, 0.15) is 104 Å². The zero-order valence-corrected chi connectivity index (χ0v) is 63.4. The zero-order valence-electron chi connectivity index (χ0n) is 58.2. The van der Waals surface area contributed by atoms with E-state index in [1.165, 1.54) is 38.3 Å².